The molecule has 1 heterocycles. The van der Waals surface area contributed by atoms with Gasteiger partial charge in [-0.1, -0.05) is 36.2 Å². The van der Waals surface area contributed by atoms with E-state index in [0.717, 1.165) is 49.7 Å². The predicted octanol–water partition coefficient (Wildman–Crippen LogP) is 4.73. The number of nitrogens with zero attached hydrogens (tertiary/aromatic N) is 1. The first kappa shape index (κ1) is 22.9. The van der Waals surface area contributed by atoms with Crippen LogP contribution >= 0.6 is 0 Å². The van der Waals surface area contributed by atoms with E-state index < -0.39 is 10.0 Å². The molecule has 7 heteroatoms. The molecule has 1 saturated carbocycles. The number of hydrogen-bond donors (Lipinski definition) is 1. The summed E-state index contributed by atoms with van der Waals surface area (Å²) >= 11 is 0. The molecule has 5 nitrogen and oxygen atoms in total. The molecule has 172 valence electrons. The van der Waals surface area contributed by atoms with E-state index >= 15 is 0 Å². The quantitative estimate of drug-likeness (QED) is 0.553. The van der Waals surface area contributed by atoms with Gasteiger partial charge < -0.3 is 5.32 Å². The topological polar surface area (TPSA) is 66.5 Å². The summed E-state index contributed by atoms with van der Waals surface area (Å²) in [6.07, 6.45) is 5.86. The molecule has 1 aliphatic heterocycles. The number of nitrogens with one attached hydrogen (secondary N) is 1. The summed E-state index contributed by atoms with van der Waals surface area (Å²) in [5, 5.41) is 2.98. The second kappa shape index (κ2) is 9.71. The molecular weight excluding hydrogens is 427 g/mol. The first-order valence-electron chi connectivity index (χ1n) is 11.5. The van der Waals surface area contributed by atoms with Crippen LogP contribution in [-0.4, -0.2) is 31.2 Å². The predicted molar refractivity (Wildman–Crippen MR) is 122 cm³/mol. The number of sulfonamides is 1. The lowest BCUT2D eigenvalue weighted by Gasteiger charge is -2.30. The standard InChI is InChI=1S/C25H31FN2O3S/c1-18-5-14-23(15-6-18)32(30,31)28-22(4-2-3-17-27-25(29)20-7-8-20)13-16-24(28)19-9-11-21(26)12-10-19/h5-6,9-12,14-15,20,22,24H,2-4,7-8,13,16-17H2,1H3,(H,27,29). The highest BCUT2D eigenvalue weighted by atomic mass is 32.2. The SMILES string of the molecule is Cc1ccc(S(=O)(=O)N2C(CCCCNC(=O)C3CC3)CCC2c2ccc(F)cc2)cc1. The Kier molecular flexibility index (Phi) is 6.96. The van der Waals surface area contributed by atoms with Gasteiger partial charge in [-0.25, -0.2) is 12.8 Å². The fourth-order valence-electron chi connectivity index (χ4n) is 4.53. The van der Waals surface area contributed by atoms with Gasteiger partial charge in [-0.3, -0.25) is 4.79 Å². The molecule has 0 aromatic heterocycles. The molecule has 2 fully saturated rings. The van der Waals surface area contributed by atoms with Gasteiger partial charge in [0.05, 0.1) is 10.9 Å². The van der Waals surface area contributed by atoms with Crippen LogP contribution in [-0.2, 0) is 14.8 Å². The Morgan fingerprint density at radius 3 is 2.34 bits per heavy atom. The van der Waals surface area contributed by atoms with Crippen molar-refractivity contribution in [1.29, 1.82) is 0 Å². The van der Waals surface area contributed by atoms with E-state index in [-0.39, 0.29) is 29.7 Å². The van der Waals surface area contributed by atoms with Crippen molar-refractivity contribution < 1.29 is 17.6 Å². The lowest BCUT2D eigenvalue weighted by atomic mass is 10.0. The first-order valence-corrected chi connectivity index (χ1v) is 12.9. The Balaban J connectivity index is 1.48. The molecule has 2 aliphatic rings. The summed E-state index contributed by atoms with van der Waals surface area (Å²) < 4.78 is 42.4. The summed E-state index contributed by atoms with van der Waals surface area (Å²) in [5.41, 5.74) is 1.83. The molecule has 0 radical (unpaired) electrons. The molecule has 2 unspecified atom stereocenters. The van der Waals surface area contributed by atoms with Crippen LogP contribution in [0.4, 0.5) is 4.39 Å². The van der Waals surface area contributed by atoms with Crippen molar-refractivity contribution in [1.82, 2.24) is 9.62 Å². The maximum atomic E-state index is 13.7. The zero-order valence-electron chi connectivity index (χ0n) is 18.5. The van der Waals surface area contributed by atoms with E-state index in [0.29, 0.717) is 17.9 Å². The first-order chi connectivity index (χ1) is 15.4. The Morgan fingerprint density at radius 1 is 1.00 bits per heavy atom. The van der Waals surface area contributed by atoms with Gasteiger partial charge >= 0.3 is 0 Å². The van der Waals surface area contributed by atoms with E-state index in [2.05, 4.69) is 5.32 Å². The lowest BCUT2D eigenvalue weighted by Crippen LogP contribution is -2.37. The Hall–Kier alpha value is -2.25. The molecule has 4 rings (SSSR count). The van der Waals surface area contributed by atoms with Crippen molar-refractivity contribution in [3.8, 4) is 0 Å². The number of benzene rings is 2. The van der Waals surface area contributed by atoms with Gasteiger partial charge in [0.15, 0.2) is 0 Å². The molecule has 32 heavy (non-hydrogen) atoms. The number of carbonyl (C=O) groups is 1. The van der Waals surface area contributed by atoms with Crippen LogP contribution in [0.5, 0.6) is 0 Å². The minimum atomic E-state index is -3.70. The number of amides is 1. The third-order valence-electron chi connectivity index (χ3n) is 6.50. The molecule has 0 bridgehead atoms. The van der Waals surface area contributed by atoms with Crippen LogP contribution in [0, 0.1) is 18.7 Å². The summed E-state index contributed by atoms with van der Waals surface area (Å²) in [4.78, 5) is 12.1. The van der Waals surface area contributed by atoms with E-state index in [1.165, 1.54) is 12.1 Å². The van der Waals surface area contributed by atoms with Gasteiger partial charge in [0, 0.05) is 18.5 Å². The van der Waals surface area contributed by atoms with Crippen LogP contribution in [0.15, 0.2) is 53.4 Å². The maximum Gasteiger partial charge on any atom is 0.243 e. The fourth-order valence-corrected chi connectivity index (χ4v) is 6.42. The number of unbranched alkanes of at least 4 members (excludes halogenated alkanes) is 1. The molecule has 2 aromatic rings. The van der Waals surface area contributed by atoms with Crippen molar-refractivity contribution in [2.75, 3.05) is 6.54 Å². The third kappa shape index (κ3) is 5.21. The molecule has 1 amide bonds. The Labute approximate surface area is 190 Å². The molecule has 2 atom stereocenters. The molecule has 1 aliphatic carbocycles. The van der Waals surface area contributed by atoms with Gasteiger partial charge in [0.2, 0.25) is 15.9 Å². The Bertz CT molecular complexity index is 1030. The highest BCUT2D eigenvalue weighted by Gasteiger charge is 2.42. The van der Waals surface area contributed by atoms with Gasteiger partial charge in [-0.05, 0) is 75.3 Å². The van der Waals surface area contributed by atoms with Gasteiger partial charge in [0.25, 0.3) is 0 Å². The van der Waals surface area contributed by atoms with Crippen LogP contribution in [0.1, 0.15) is 62.1 Å². The third-order valence-corrected chi connectivity index (χ3v) is 8.48. The van der Waals surface area contributed by atoms with Gasteiger partial charge in [0.1, 0.15) is 5.82 Å². The number of rotatable bonds is 9. The zero-order valence-corrected chi connectivity index (χ0v) is 19.3. The molecular formula is C25H31FN2O3S. The minimum Gasteiger partial charge on any atom is -0.356 e. The Morgan fingerprint density at radius 2 is 1.69 bits per heavy atom. The van der Waals surface area contributed by atoms with Crippen molar-refractivity contribution in [3.05, 3.63) is 65.5 Å². The van der Waals surface area contributed by atoms with Crippen LogP contribution in [0.3, 0.4) is 0 Å². The summed E-state index contributed by atoms with van der Waals surface area (Å²) in [7, 11) is -3.70. The minimum absolute atomic E-state index is 0.115. The number of aryl methyl sites for hydroxylation is 1. The number of halogens is 1. The van der Waals surface area contributed by atoms with E-state index in [9.17, 15) is 17.6 Å². The largest absolute Gasteiger partial charge is 0.356 e. The van der Waals surface area contributed by atoms with Crippen molar-refractivity contribution in [2.24, 2.45) is 5.92 Å². The van der Waals surface area contributed by atoms with Crippen LogP contribution in [0.25, 0.3) is 0 Å². The maximum absolute atomic E-state index is 13.7. The fraction of sp³-hybridized carbons (Fsp3) is 0.480. The average molecular weight is 459 g/mol. The van der Waals surface area contributed by atoms with Gasteiger partial charge in [-0.2, -0.15) is 4.31 Å². The van der Waals surface area contributed by atoms with E-state index in [1.807, 2.05) is 19.1 Å². The van der Waals surface area contributed by atoms with E-state index in [1.54, 1.807) is 28.6 Å². The normalized spacial score (nSPS) is 21.6. The molecule has 1 saturated heterocycles. The zero-order chi connectivity index (χ0) is 22.7. The highest BCUT2D eigenvalue weighted by Crippen LogP contribution is 2.42. The lowest BCUT2D eigenvalue weighted by molar-refractivity contribution is -0.122. The monoisotopic (exact) mass is 458 g/mol. The summed E-state index contributed by atoms with van der Waals surface area (Å²) in [6.45, 7) is 2.56. The smallest absolute Gasteiger partial charge is 0.243 e. The van der Waals surface area contributed by atoms with Gasteiger partial charge in [-0.15, -0.1) is 0 Å². The molecule has 0 spiro atoms. The molecule has 1 N–H and O–H groups in total. The number of hydrogen-bond acceptors (Lipinski definition) is 3. The van der Waals surface area contributed by atoms with E-state index in [4.69, 9.17) is 0 Å². The summed E-state index contributed by atoms with van der Waals surface area (Å²) in [5.74, 6) is 0.0201. The van der Waals surface area contributed by atoms with Crippen LogP contribution in [0.2, 0.25) is 0 Å². The second-order valence-corrected chi connectivity index (χ2v) is 10.9. The average Bonchev–Trinajstić information content (AvgIpc) is 3.54. The highest BCUT2D eigenvalue weighted by molar-refractivity contribution is 7.89. The summed E-state index contributed by atoms with van der Waals surface area (Å²) in [6, 6.07) is 12.7. The van der Waals surface area contributed by atoms with Crippen molar-refractivity contribution in [2.45, 2.75) is 68.8 Å². The van der Waals surface area contributed by atoms with Crippen molar-refractivity contribution >= 4 is 15.9 Å². The second-order valence-electron chi connectivity index (χ2n) is 9.01. The van der Waals surface area contributed by atoms with Crippen LogP contribution < -0.4 is 5.32 Å². The molecule has 2 aromatic carbocycles. The number of carbonyl (C=O) groups excluding carboxylic acids is 1. The van der Waals surface area contributed by atoms with Crippen molar-refractivity contribution in [3.63, 3.8) is 0 Å².